The van der Waals surface area contributed by atoms with E-state index >= 15 is 0 Å². The summed E-state index contributed by atoms with van der Waals surface area (Å²) >= 11 is 0. The number of hydrogen-bond acceptors (Lipinski definition) is 3. The van der Waals surface area contributed by atoms with Gasteiger partial charge in [-0.3, -0.25) is 0 Å². The Hall–Kier alpha value is -0.900. The lowest BCUT2D eigenvalue weighted by atomic mass is 10.2. The van der Waals surface area contributed by atoms with Gasteiger partial charge in [0.15, 0.2) is 0 Å². The van der Waals surface area contributed by atoms with Gasteiger partial charge in [0.1, 0.15) is 12.4 Å². The van der Waals surface area contributed by atoms with Crippen molar-refractivity contribution in [1.82, 2.24) is 10.5 Å². The van der Waals surface area contributed by atoms with Crippen LogP contribution in [0.2, 0.25) is 0 Å². The van der Waals surface area contributed by atoms with E-state index in [0.717, 1.165) is 24.1 Å². The first kappa shape index (κ1) is 9.65. The predicted molar refractivity (Wildman–Crippen MR) is 50.6 cm³/mol. The Morgan fingerprint density at radius 3 is 3.07 bits per heavy atom. The molecule has 0 aromatic carbocycles. The summed E-state index contributed by atoms with van der Waals surface area (Å²) in [7, 11) is 0. The van der Waals surface area contributed by atoms with Gasteiger partial charge in [-0.15, -0.1) is 0 Å². The standard InChI is InChI=1S/C10H15FN2O/c1-7-8(6-14-13-7)5-12-10-4-2-3-9(10)11/h6,9-10,12H,2-5H2,1H3/t9-,10+/m1/s1. The van der Waals surface area contributed by atoms with Gasteiger partial charge in [-0.25, -0.2) is 4.39 Å². The highest BCUT2D eigenvalue weighted by Gasteiger charge is 2.26. The summed E-state index contributed by atoms with van der Waals surface area (Å²) in [5, 5.41) is 6.97. The maximum Gasteiger partial charge on any atom is 0.128 e. The average molecular weight is 198 g/mol. The van der Waals surface area contributed by atoms with Crippen LogP contribution in [0.5, 0.6) is 0 Å². The van der Waals surface area contributed by atoms with Gasteiger partial charge in [-0.2, -0.15) is 0 Å². The van der Waals surface area contributed by atoms with E-state index in [9.17, 15) is 4.39 Å². The Morgan fingerprint density at radius 2 is 2.50 bits per heavy atom. The third-order valence-electron chi connectivity index (χ3n) is 2.84. The van der Waals surface area contributed by atoms with Crippen molar-refractivity contribution in [3.63, 3.8) is 0 Å². The van der Waals surface area contributed by atoms with Crippen molar-refractivity contribution in [2.24, 2.45) is 0 Å². The fourth-order valence-electron chi connectivity index (χ4n) is 1.87. The predicted octanol–water partition coefficient (Wildman–Crippen LogP) is 1.96. The summed E-state index contributed by atoms with van der Waals surface area (Å²) in [6.45, 7) is 2.54. The normalized spacial score (nSPS) is 27.0. The second-order valence-corrected chi connectivity index (χ2v) is 3.86. The summed E-state index contributed by atoms with van der Waals surface area (Å²) < 4.78 is 18.0. The molecule has 3 nitrogen and oxygen atoms in total. The summed E-state index contributed by atoms with van der Waals surface area (Å²) in [5.74, 6) is 0. The van der Waals surface area contributed by atoms with Crippen molar-refractivity contribution in [3.05, 3.63) is 17.5 Å². The molecular formula is C10H15FN2O. The highest BCUT2D eigenvalue weighted by Crippen LogP contribution is 2.22. The Morgan fingerprint density at radius 1 is 1.64 bits per heavy atom. The molecular weight excluding hydrogens is 183 g/mol. The van der Waals surface area contributed by atoms with Gasteiger partial charge >= 0.3 is 0 Å². The number of halogens is 1. The molecule has 14 heavy (non-hydrogen) atoms. The SMILES string of the molecule is Cc1nocc1CN[C@H]1CCC[C@H]1F. The van der Waals surface area contributed by atoms with Crippen LogP contribution in [0.15, 0.2) is 10.8 Å². The summed E-state index contributed by atoms with van der Waals surface area (Å²) in [4.78, 5) is 0. The molecule has 78 valence electrons. The van der Waals surface area contributed by atoms with Gasteiger partial charge in [0, 0.05) is 18.2 Å². The minimum atomic E-state index is -0.685. The first-order chi connectivity index (χ1) is 6.77. The quantitative estimate of drug-likeness (QED) is 0.806. The molecule has 1 aromatic heterocycles. The van der Waals surface area contributed by atoms with Gasteiger partial charge in [0.05, 0.1) is 5.69 Å². The second kappa shape index (κ2) is 4.09. The first-order valence-corrected chi connectivity index (χ1v) is 5.04. The molecule has 0 aliphatic heterocycles. The van der Waals surface area contributed by atoms with Crippen LogP contribution in [0.4, 0.5) is 4.39 Å². The molecule has 1 heterocycles. The molecule has 1 N–H and O–H groups in total. The lowest BCUT2D eigenvalue weighted by molar-refractivity contribution is 0.279. The van der Waals surface area contributed by atoms with E-state index in [1.54, 1.807) is 6.26 Å². The number of aryl methyl sites for hydroxylation is 1. The first-order valence-electron chi connectivity index (χ1n) is 5.04. The molecule has 0 radical (unpaired) electrons. The zero-order valence-electron chi connectivity index (χ0n) is 8.29. The summed E-state index contributed by atoms with van der Waals surface area (Å²) in [6, 6.07) is 0.0179. The zero-order valence-corrected chi connectivity index (χ0v) is 8.29. The molecule has 4 heteroatoms. The molecule has 0 bridgehead atoms. The van der Waals surface area contributed by atoms with Gasteiger partial charge < -0.3 is 9.84 Å². The van der Waals surface area contributed by atoms with Crippen LogP contribution in [0.25, 0.3) is 0 Å². The molecule has 0 unspecified atom stereocenters. The Bertz CT molecular complexity index is 300. The minimum Gasteiger partial charge on any atom is -0.364 e. The fourth-order valence-corrected chi connectivity index (χ4v) is 1.87. The average Bonchev–Trinajstić information content (AvgIpc) is 2.72. The summed E-state index contributed by atoms with van der Waals surface area (Å²) in [6.07, 6.45) is 3.55. The third-order valence-corrected chi connectivity index (χ3v) is 2.84. The summed E-state index contributed by atoms with van der Waals surface area (Å²) in [5.41, 5.74) is 1.90. The molecule has 1 aliphatic carbocycles. The fraction of sp³-hybridized carbons (Fsp3) is 0.700. The maximum absolute atomic E-state index is 13.2. The van der Waals surface area contributed by atoms with Crippen molar-refractivity contribution < 1.29 is 8.91 Å². The minimum absolute atomic E-state index is 0.0179. The van der Waals surface area contributed by atoms with Crippen LogP contribution < -0.4 is 5.32 Å². The third kappa shape index (κ3) is 1.95. The van der Waals surface area contributed by atoms with Crippen LogP contribution in [0, 0.1) is 6.92 Å². The monoisotopic (exact) mass is 198 g/mol. The van der Waals surface area contributed by atoms with Gasteiger partial charge in [0.2, 0.25) is 0 Å². The maximum atomic E-state index is 13.2. The highest BCUT2D eigenvalue weighted by molar-refractivity contribution is 5.12. The Balaban J connectivity index is 1.85. The molecule has 2 atom stereocenters. The van der Waals surface area contributed by atoms with E-state index < -0.39 is 6.17 Å². The van der Waals surface area contributed by atoms with Gasteiger partial charge in [-0.1, -0.05) is 5.16 Å². The molecule has 0 spiro atoms. The van der Waals surface area contributed by atoms with Gasteiger partial charge in [-0.05, 0) is 26.2 Å². The Kier molecular flexibility index (Phi) is 2.82. The van der Waals surface area contributed by atoms with Crippen molar-refractivity contribution in [2.75, 3.05) is 0 Å². The smallest absolute Gasteiger partial charge is 0.128 e. The second-order valence-electron chi connectivity index (χ2n) is 3.86. The van der Waals surface area contributed by atoms with Crippen LogP contribution in [0.1, 0.15) is 30.5 Å². The zero-order chi connectivity index (χ0) is 9.97. The van der Waals surface area contributed by atoms with E-state index in [-0.39, 0.29) is 6.04 Å². The van der Waals surface area contributed by atoms with Crippen molar-refractivity contribution in [2.45, 2.75) is 44.9 Å². The number of nitrogens with one attached hydrogen (secondary N) is 1. The highest BCUT2D eigenvalue weighted by atomic mass is 19.1. The van der Waals surface area contributed by atoms with Crippen LogP contribution in [-0.4, -0.2) is 17.4 Å². The molecule has 1 aliphatic rings. The van der Waals surface area contributed by atoms with Crippen molar-refractivity contribution >= 4 is 0 Å². The molecule has 0 saturated heterocycles. The number of alkyl halides is 1. The lowest BCUT2D eigenvalue weighted by Crippen LogP contribution is -2.32. The Labute approximate surface area is 82.7 Å². The van der Waals surface area contributed by atoms with Crippen molar-refractivity contribution in [1.29, 1.82) is 0 Å². The largest absolute Gasteiger partial charge is 0.364 e. The molecule has 2 rings (SSSR count). The van der Waals surface area contributed by atoms with Gasteiger partial charge in [0.25, 0.3) is 0 Å². The number of nitrogens with zero attached hydrogens (tertiary/aromatic N) is 1. The molecule has 1 saturated carbocycles. The van der Waals surface area contributed by atoms with E-state index in [1.807, 2.05) is 6.92 Å². The van der Waals surface area contributed by atoms with E-state index in [1.165, 1.54) is 0 Å². The van der Waals surface area contributed by atoms with Crippen LogP contribution in [-0.2, 0) is 6.54 Å². The molecule has 1 aromatic rings. The van der Waals surface area contributed by atoms with Crippen LogP contribution in [0.3, 0.4) is 0 Å². The van der Waals surface area contributed by atoms with Crippen LogP contribution >= 0.6 is 0 Å². The topological polar surface area (TPSA) is 38.1 Å². The van der Waals surface area contributed by atoms with E-state index in [4.69, 9.17) is 4.52 Å². The molecule has 0 amide bonds. The number of aromatic nitrogens is 1. The number of rotatable bonds is 3. The van der Waals surface area contributed by atoms with E-state index in [2.05, 4.69) is 10.5 Å². The van der Waals surface area contributed by atoms with E-state index in [0.29, 0.717) is 13.0 Å². The van der Waals surface area contributed by atoms with Crippen molar-refractivity contribution in [3.8, 4) is 0 Å². The molecule has 1 fully saturated rings. The number of hydrogen-bond donors (Lipinski definition) is 1. The lowest BCUT2D eigenvalue weighted by Gasteiger charge is -2.13.